The summed E-state index contributed by atoms with van der Waals surface area (Å²) in [6.45, 7) is 1.42. The number of imide groups is 2. The number of carbonyl (C=O) groups excluding carboxylic acids is 4. The van der Waals surface area contributed by atoms with Crippen LogP contribution in [0.2, 0.25) is 0 Å². The Balaban J connectivity index is 1.70. The van der Waals surface area contributed by atoms with Crippen LogP contribution in [0.4, 0.5) is 10.5 Å². The van der Waals surface area contributed by atoms with Gasteiger partial charge in [0, 0.05) is 11.7 Å². The number of amides is 5. The van der Waals surface area contributed by atoms with E-state index in [1.807, 2.05) is 13.0 Å². The molecule has 1 heterocycles. The van der Waals surface area contributed by atoms with Crippen molar-refractivity contribution in [1.29, 1.82) is 5.26 Å². The van der Waals surface area contributed by atoms with Gasteiger partial charge in [-0.2, -0.15) is 5.26 Å². The van der Waals surface area contributed by atoms with Crippen molar-refractivity contribution in [1.82, 2.24) is 9.80 Å². The molecular weight excluding hydrogens is 348 g/mol. The van der Waals surface area contributed by atoms with E-state index in [-0.39, 0.29) is 12.0 Å². The minimum absolute atomic E-state index is 0.127. The Morgan fingerprint density at radius 2 is 1.96 bits per heavy atom. The first-order chi connectivity index (χ1) is 12.9. The summed E-state index contributed by atoms with van der Waals surface area (Å²) >= 11 is 0. The molecule has 1 N–H and O–H groups in total. The fourth-order valence-corrected chi connectivity index (χ4v) is 3.65. The average molecular weight is 368 g/mol. The lowest BCUT2D eigenvalue weighted by Gasteiger charge is -2.34. The largest absolute Gasteiger partial charge is 0.334 e. The summed E-state index contributed by atoms with van der Waals surface area (Å²) in [6, 6.07) is 7.19. The zero-order valence-corrected chi connectivity index (χ0v) is 15.0. The molecule has 2 fully saturated rings. The van der Waals surface area contributed by atoms with Gasteiger partial charge in [0.15, 0.2) is 0 Å². The number of carbonyl (C=O) groups is 4. The van der Waals surface area contributed by atoms with E-state index in [0.717, 1.165) is 24.2 Å². The van der Waals surface area contributed by atoms with Crippen molar-refractivity contribution >= 4 is 29.4 Å². The predicted octanol–water partition coefficient (Wildman–Crippen LogP) is 1.87. The lowest BCUT2D eigenvalue weighted by molar-refractivity contribution is -0.145. The molecule has 0 bridgehead atoms. The molecule has 2 atom stereocenters. The molecular formula is C19H20N4O4. The van der Waals surface area contributed by atoms with Crippen LogP contribution in [0.1, 0.15) is 38.2 Å². The first-order valence-corrected chi connectivity index (χ1v) is 8.91. The highest BCUT2D eigenvalue weighted by Gasteiger charge is 2.49. The molecule has 2 aliphatic rings. The quantitative estimate of drug-likeness (QED) is 0.644. The lowest BCUT2D eigenvalue weighted by atomic mass is 9.85. The second kappa shape index (κ2) is 7.58. The highest BCUT2D eigenvalue weighted by molar-refractivity contribution is 6.45. The molecule has 3 rings (SSSR count). The Morgan fingerprint density at radius 1 is 1.22 bits per heavy atom. The highest BCUT2D eigenvalue weighted by Crippen LogP contribution is 2.31. The van der Waals surface area contributed by atoms with Gasteiger partial charge in [-0.15, -0.1) is 0 Å². The van der Waals surface area contributed by atoms with Gasteiger partial charge >= 0.3 is 17.8 Å². The Morgan fingerprint density at radius 3 is 2.67 bits per heavy atom. The molecule has 1 saturated carbocycles. The Labute approximate surface area is 156 Å². The molecule has 8 nitrogen and oxygen atoms in total. The molecule has 0 aromatic heterocycles. The molecule has 1 aromatic carbocycles. The van der Waals surface area contributed by atoms with Crippen LogP contribution in [-0.4, -0.2) is 46.1 Å². The van der Waals surface area contributed by atoms with Gasteiger partial charge in [-0.1, -0.05) is 25.8 Å². The SMILES string of the molecule is C[C@H]1CCCC[C@H]1N1C(=O)C(=O)N(CC(=O)Nc2cccc(C#N)c2)C1=O. The van der Waals surface area contributed by atoms with Gasteiger partial charge in [-0.3, -0.25) is 19.3 Å². The van der Waals surface area contributed by atoms with Gasteiger partial charge in [0.2, 0.25) is 5.91 Å². The van der Waals surface area contributed by atoms with Gasteiger partial charge < -0.3 is 5.32 Å². The van der Waals surface area contributed by atoms with Gasteiger partial charge in [0.25, 0.3) is 0 Å². The van der Waals surface area contributed by atoms with E-state index in [4.69, 9.17) is 5.26 Å². The zero-order chi connectivity index (χ0) is 19.6. The molecule has 0 spiro atoms. The van der Waals surface area contributed by atoms with Gasteiger partial charge in [0.1, 0.15) is 6.54 Å². The van der Waals surface area contributed by atoms with Crippen LogP contribution in [0.3, 0.4) is 0 Å². The summed E-state index contributed by atoms with van der Waals surface area (Å²) in [5.74, 6) is -2.32. The molecule has 1 aromatic rings. The maximum atomic E-state index is 12.6. The van der Waals surface area contributed by atoms with Crippen LogP contribution < -0.4 is 5.32 Å². The van der Waals surface area contributed by atoms with Crippen LogP contribution in [0.25, 0.3) is 0 Å². The van der Waals surface area contributed by atoms with E-state index >= 15 is 0 Å². The van der Waals surface area contributed by atoms with E-state index in [0.29, 0.717) is 22.6 Å². The summed E-state index contributed by atoms with van der Waals surface area (Å²) < 4.78 is 0. The number of nitrogens with one attached hydrogen (secondary N) is 1. The molecule has 0 radical (unpaired) electrons. The third-order valence-electron chi connectivity index (χ3n) is 5.06. The third kappa shape index (κ3) is 3.67. The lowest BCUT2D eigenvalue weighted by Crippen LogP contribution is -2.46. The molecule has 8 heteroatoms. The predicted molar refractivity (Wildman–Crippen MR) is 95.2 cm³/mol. The standard InChI is InChI=1S/C19H20N4O4/c1-12-5-2-3-8-15(12)23-18(26)17(25)22(19(23)27)11-16(24)21-14-7-4-6-13(9-14)10-20/h4,6-7,9,12,15H,2-3,5,8,11H2,1H3,(H,21,24)/t12-,15+/m0/s1. The van der Waals surface area contributed by atoms with Gasteiger partial charge in [-0.05, 0) is 37.0 Å². The Hall–Kier alpha value is -3.21. The molecule has 1 aliphatic heterocycles. The summed E-state index contributed by atoms with van der Waals surface area (Å²) in [5, 5.41) is 11.4. The maximum Gasteiger partial charge on any atom is 0.334 e. The minimum Gasteiger partial charge on any atom is -0.324 e. The van der Waals surface area contributed by atoms with Crippen molar-refractivity contribution in [2.75, 3.05) is 11.9 Å². The molecule has 1 aliphatic carbocycles. The average Bonchev–Trinajstić information content (AvgIpc) is 2.86. The Kier molecular flexibility index (Phi) is 5.21. The Bertz CT molecular complexity index is 844. The fourth-order valence-electron chi connectivity index (χ4n) is 3.65. The molecule has 5 amide bonds. The molecule has 27 heavy (non-hydrogen) atoms. The molecule has 1 saturated heterocycles. The first-order valence-electron chi connectivity index (χ1n) is 8.91. The van der Waals surface area contributed by atoms with E-state index in [9.17, 15) is 19.2 Å². The van der Waals surface area contributed by atoms with Crippen molar-refractivity contribution in [3.8, 4) is 6.07 Å². The number of hydrogen-bond acceptors (Lipinski definition) is 5. The van der Waals surface area contributed by atoms with Crippen molar-refractivity contribution < 1.29 is 19.2 Å². The first kappa shape index (κ1) is 18.6. The molecule has 140 valence electrons. The fraction of sp³-hybridized carbons (Fsp3) is 0.421. The number of nitriles is 1. The second-order valence-corrected chi connectivity index (χ2v) is 6.92. The van der Waals surface area contributed by atoms with E-state index in [2.05, 4.69) is 5.32 Å². The van der Waals surface area contributed by atoms with Crippen LogP contribution in [-0.2, 0) is 14.4 Å². The normalized spacial score (nSPS) is 22.7. The van der Waals surface area contributed by atoms with E-state index in [1.54, 1.807) is 18.2 Å². The number of hydrogen-bond donors (Lipinski definition) is 1. The van der Waals surface area contributed by atoms with Crippen LogP contribution in [0.5, 0.6) is 0 Å². The number of anilines is 1. The topological polar surface area (TPSA) is 111 Å². The van der Waals surface area contributed by atoms with Crippen molar-refractivity contribution in [3.05, 3.63) is 29.8 Å². The minimum atomic E-state index is -0.973. The van der Waals surface area contributed by atoms with Crippen molar-refractivity contribution in [2.24, 2.45) is 5.92 Å². The summed E-state index contributed by atoms with van der Waals surface area (Å²) in [7, 11) is 0. The smallest absolute Gasteiger partial charge is 0.324 e. The third-order valence-corrected chi connectivity index (χ3v) is 5.06. The van der Waals surface area contributed by atoms with Crippen molar-refractivity contribution in [2.45, 2.75) is 38.6 Å². The zero-order valence-electron chi connectivity index (χ0n) is 15.0. The molecule has 0 unspecified atom stereocenters. The van der Waals surface area contributed by atoms with Crippen molar-refractivity contribution in [3.63, 3.8) is 0 Å². The van der Waals surface area contributed by atoms with Gasteiger partial charge in [0.05, 0.1) is 11.6 Å². The summed E-state index contributed by atoms with van der Waals surface area (Å²) in [6.07, 6.45) is 3.50. The monoisotopic (exact) mass is 368 g/mol. The number of urea groups is 1. The summed E-state index contributed by atoms with van der Waals surface area (Å²) in [5.41, 5.74) is 0.746. The number of benzene rings is 1. The number of rotatable bonds is 4. The van der Waals surface area contributed by atoms with Crippen LogP contribution in [0, 0.1) is 17.2 Å². The van der Waals surface area contributed by atoms with Crippen LogP contribution >= 0.6 is 0 Å². The number of nitrogens with zero attached hydrogens (tertiary/aromatic N) is 3. The second-order valence-electron chi connectivity index (χ2n) is 6.92. The van der Waals surface area contributed by atoms with Crippen LogP contribution in [0.15, 0.2) is 24.3 Å². The highest BCUT2D eigenvalue weighted by atomic mass is 16.2. The van der Waals surface area contributed by atoms with Gasteiger partial charge in [-0.25, -0.2) is 9.69 Å². The van der Waals surface area contributed by atoms with E-state index < -0.39 is 30.3 Å². The van der Waals surface area contributed by atoms with E-state index in [1.165, 1.54) is 6.07 Å². The summed E-state index contributed by atoms with van der Waals surface area (Å²) in [4.78, 5) is 51.2. The maximum absolute atomic E-state index is 12.6.